The van der Waals surface area contributed by atoms with Crippen molar-refractivity contribution in [2.75, 3.05) is 19.6 Å². The van der Waals surface area contributed by atoms with Crippen molar-refractivity contribution in [1.82, 2.24) is 47.9 Å². The van der Waals surface area contributed by atoms with Gasteiger partial charge in [-0.05, 0) is 100 Å². The SMILES string of the molecule is CCC(C)C1NC(=O)C(CCN)NC(=O)CC(CC(C)C)OC(=O)C(C(C)O)NC(=O)C(CC(C)C)NC(=O)C(C(C)C)NC(=O)C(CCN)NC(=O)C(CC(C)C)NC(=O)C(Cc2ccccc2)NC(=O)C(CCN)NC1=O. The van der Waals surface area contributed by atoms with E-state index >= 15 is 0 Å². The first kappa shape index (κ1) is 68.9. The number of hydrogen-bond acceptors (Lipinski definition) is 15. The van der Waals surface area contributed by atoms with E-state index in [1.807, 2.05) is 27.7 Å². The Bertz CT molecular complexity index is 2160. The molecule has 1 heterocycles. The fraction of sp³-hybridized carbons (Fsp3) is 0.709. The maximum atomic E-state index is 14.5. The molecule has 16 N–H and O–H groups in total. The average molecular weight is 1120 g/mol. The van der Waals surface area contributed by atoms with Crippen molar-refractivity contribution in [3.63, 3.8) is 0 Å². The summed E-state index contributed by atoms with van der Waals surface area (Å²) in [4.78, 5) is 142. The van der Waals surface area contributed by atoms with E-state index in [-0.39, 0.29) is 82.3 Å². The Morgan fingerprint density at radius 3 is 1.33 bits per heavy atom. The number of carbonyl (C=O) groups is 10. The van der Waals surface area contributed by atoms with Crippen molar-refractivity contribution >= 4 is 59.1 Å². The second-order valence-corrected chi connectivity index (χ2v) is 22.3. The number of esters is 1. The van der Waals surface area contributed by atoms with Crippen LogP contribution in [0.2, 0.25) is 0 Å². The molecular weight excluding hydrogens is 1020 g/mol. The smallest absolute Gasteiger partial charge is 0.331 e. The summed E-state index contributed by atoms with van der Waals surface area (Å²) in [6.07, 6.45) is -2.81. The van der Waals surface area contributed by atoms with Crippen LogP contribution in [-0.4, -0.2) is 150 Å². The van der Waals surface area contributed by atoms with Gasteiger partial charge in [-0.1, -0.05) is 106 Å². The van der Waals surface area contributed by atoms with Gasteiger partial charge >= 0.3 is 5.97 Å². The van der Waals surface area contributed by atoms with Crippen LogP contribution in [0.1, 0.15) is 133 Å². The van der Waals surface area contributed by atoms with Gasteiger partial charge in [-0.2, -0.15) is 0 Å². The van der Waals surface area contributed by atoms with E-state index in [1.165, 1.54) is 6.92 Å². The number of amides is 9. The molecule has 0 spiro atoms. The van der Waals surface area contributed by atoms with Gasteiger partial charge in [0.25, 0.3) is 0 Å². The zero-order chi connectivity index (χ0) is 59.7. The van der Waals surface area contributed by atoms with Gasteiger partial charge < -0.3 is 74.9 Å². The van der Waals surface area contributed by atoms with Crippen LogP contribution in [-0.2, 0) is 59.1 Å². The molecule has 79 heavy (non-hydrogen) atoms. The van der Waals surface area contributed by atoms with Gasteiger partial charge in [0.1, 0.15) is 54.4 Å². The van der Waals surface area contributed by atoms with Crippen LogP contribution < -0.4 is 65.1 Å². The van der Waals surface area contributed by atoms with Gasteiger partial charge in [-0.15, -0.1) is 0 Å². The minimum atomic E-state index is -1.68. The lowest BCUT2D eigenvalue weighted by molar-refractivity contribution is -0.158. The third-order valence-corrected chi connectivity index (χ3v) is 13.4. The Morgan fingerprint density at radius 2 is 0.861 bits per heavy atom. The minimum Gasteiger partial charge on any atom is -0.460 e. The van der Waals surface area contributed by atoms with E-state index in [1.54, 1.807) is 71.9 Å². The van der Waals surface area contributed by atoms with Crippen LogP contribution in [0.5, 0.6) is 0 Å². The zero-order valence-corrected chi connectivity index (χ0v) is 48.3. The summed E-state index contributed by atoms with van der Waals surface area (Å²) >= 11 is 0. The van der Waals surface area contributed by atoms with Crippen LogP contribution in [0.15, 0.2) is 30.3 Å². The lowest BCUT2D eigenvalue weighted by Gasteiger charge is -2.30. The van der Waals surface area contributed by atoms with Gasteiger partial charge in [0.05, 0.1) is 12.5 Å². The minimum absolute atomic E-state index is 0.0490. The molecule has 0 radical (unpaired) electrons. The molecule has 12 atom stereocenters. The molecule has 1 aliphatic rings. The van der Waals surface area contributed by atoms with Crippen molar-refractivity contribution in [3.8, 4) is 0 Å². The number of benzene rings is 1. The normalized spacial score (nSPS) is 26.5. The second kappa shape index (κ2) is 34.7. The van der Waals surface area contributed by atoms with E-state index in [0.717, 1.165) is 0 Å². The summed E-state index contributed by atoms with van der Waals surface area (Å²) in [6, 6.07) is -3.33. The highest BCUT2D eigenvalue weighted by Gasteiger charge is 2.38. The molecule has 0 aliphatic carbocycles. The lowest BCUT2D eigenvalue weighted by atomic mass is 9.96. The maximum absolute atomic E-state index is 14.5. The molecule has 1 aromatic carbocycles. The van der Waals surface area contributed by atoms with E-state index in [2.05, 4.69) is 47.9 Å². The zero-order valence-electron chi connectivity index (χ0n) is 48.3. The molecule has 0 saturated carbocycles. The van der Waals surface area contributed by atoms with Crippen LogP contribution >= 0.6 is 0 Å². The largest absolute Gasteiger partial charge is 0.460 e. The summed E-state index contributed by atoms with van der Waals surface area (Å²) < 4.78 is 5.81. The molecule has 0 aromatic heterocycles. The molecule has 9 amide bonds. The van der Waals surface area contributed by atoms with Crippen molar-refractivity contribution < 1.29 is 57.8 Å². The Morgan fingerprint density at radius 1 is 0.481 bits per heavy atom. The molecule has 446 valence electrons. The molecule has 1 aromatic rings. The summed E-state index contributed by atoms with van der Waals surface area (Å²) in [5, 5.41) is 35.0. The fourth-order valence-electron chi connectivity index (χ4n) is 8.88. The molecule has 12 unspecified atom stereocenters. The summed E-state index contributed by atoms with van der Waals surface area (Å²) in [5.41, 5.74) is 18.5. The quantitative estimate of drug-likeness (QED) is 0.0799. The summed E-state index contributed by atoms with van der Waals surface area (Å²) in [6.45, 7) is 18.7. The Hall–Kier alpha value is -6.24. The predicted octanol–water partition coefficient (Wildman–Crippen LogP) is -0.825. The molecule has 1 fully saturated rings. The molecular formula is C55H94N12O12. The summed E-state index contributed by atoms with van der Waals surface area (Å²) in [5.74, 6) is -9.78. The summed E-state index contributed by atoms with van der Waals surface area (Å²) in [7, 11) is 0. The highest BCUT2D eigenvalue weighted by Crippen LogP contribution is 2.17. The highest BCUT2D eigenvalue weighted by molar-refractivity contribution is 5.98. The Balaban J connectivity index is 2.84. The van der Waals surface area contributed by atoms with Crippen LogP contribution in [0.3, 0.4) is 0 Å². The second-order valence-electron chi connectivity index (χ2n) is 22.3. The number of cyclic esters (lactones) is 1. The molecule has 2 rings (SSSR count). The lowest BCUT2D eigenvalue weighted by Crippen LogP contribution is -2.62. The van der Waals surface area contributed by atoms with E-state index in [4.69, 9.17) is 21.9 Å². The monoisotopic (exact) mass is 1110 g/mol. The van der Waals surface area contributed by atoms with Crippen LogP contribution in [0.25, 0.3) is 0 Å². The molecule has 1 aliphatic heterocycles. The van der Waals surface area contributed by atoms with E-state index in [0.29, 0.717) is 12.0 Å². The van der Waals surface area contributed by atoms with Gasteiger partial charge in [0.2, 0.25) is 53.2 Å². The number of ether oxygens (including phenoxy) is 1. The van der Waals surface area contributed by atoms with Crippen LogP contribution in [0, 0.1) is 29.6 Å². The predicted molar refractivity (Wildman–Crippen MR) is 297 cm³/mol. The molecule has 24 nitrogen and oxygen atoms in total. The van der Waals surface area contributed by atoms with Gasteiger partial charge in [-0.3, -0.25) is 43.2 Å². The topological polar surface area (TPSA) is 386 Å². The van der Waals surface area contributed by atoms with Gasteiger partial charge in [0, 0.05) is 6.42 Å². The Labute approximate surface area is 466 Å². The van der Waals surface area contributed by atoms with Crippen molar-refractivity contribution in [3.05, 3.63) is 35.9 Å². The number of carbonyl (C=O) groups excluding carboxylic acids is 10. The van der Waals surface area contributed by atoms with Crippen molar-refractivity contribution in [1.29, 1.82) is 0 Å². The fourth-order valence-corrected chi connectivity index (χ4v) is 8.88. The van der Waals surface area contributed by atoms with Crippen molar-refractivity contribution in [2.45, 2.75) is 201 Å². The number of hydrogen-bond donors (Lipinski definition) is 13. The third-order valence-electron chi connectivity index (χ3n) is 13.4. The standard InChI is InChI=1S/C55H94N12O12/c1-12-33(10)45-54(77)61-38(19-22-57)47(70)63-42(27-35-16-14-13-15-17-35)51(74)62-40(25-30(4)5)50(73)60-39(20-23-58)49(72)65-44(32(8)9)53(76)64-41(26-31(6)7)52(75)67-46(34(11)68)55(78)79-36(24-29(2)3)28-43(69)59-37(18-21-56)48(71)66-45/h13-17,29-34,36-42,44-46,68H,12,18-28,56-58H2,1-11H3,(H,59,69)(H,60,73)(H,61,77)(H,62,74)(H,63,70)(H,64,76)(H,65,72)(H,66,71)(H,67,75). The van der Waals surface area contributed by atoms with Crippen molar-refractivity contribution in [2.24, 2.45) is 46.8 Å². The first-order valence-corrected chi connectivity index (χ1v) is 27.9. The first-order valence-electron chi connectivity index (χ1n) is 27.9. The van der Waals surface area contributed by atoms with Gasteiger partial charge in [-0.25, -0.2) is 4.79 Å². The average Bonchev–Trinajstić information content (AvgIpc) is 3.36. The number of aliphatic hydroxyl groups excluding tert-OH is 1. The number of aliphatic hydroxyl groups is 1. The first-order chi connectivity index (χ1) is 37.1. The molecule has 1 saturated heterocycles. The third kappa shape index (κ3) is 23.9. The van der Waals surface area contributed by atoms with Crippen LogP contribution in [0.4, 0.5) is 0 Å². The highest BCUT2D eigenvalue weighted by atomic mass is 16.5. The number of rotatable bonds is 18. The maximum Gasteiger partial charge on any atom is 0.331 e. The Kier molecular flexibility index (Phi) is 30.2. The van der Waals surface area contributed by atoms with E-state index < -0.39 is 144 Å². The molecule has 0 bridgehead atoms. The number of nitrogens with two attached hydrogens (primary N) is 3. The van der Waals surface area contributed by atoms with E-state index in [9.17, 15) is 53.1 Å². The number of nitrogens with one attached hydrogen (secondary N) is 9. The van der Waals surface area contributed by atoms with Gasteiger partial charge in [0.15, 0.2) is 6.04 Å². The molecule has 24 heteroatoms.